The van der Waals surface area contributed by atoms with Crippen molar-refractivity contribution in [2.75, 3.05) is 12.4 Å². The molecular weight excluding hydrogens is 386 g/mol. The maximum atomic E-state index is 12.8. The molecule has 0 amide bonds. The highest BCUT2D eigenvalue weighted by atomic mass is 16.5. The van der Waals surface area contributed by atoms with E-state index in [0.29, 0.717) is 16.9 Å². The predicted octanol–water partition coefficient (Wildman–Crippen LogP) is 6.71. The number of ether oxygens (including phenoxy) is 1. The van der Waals surface area contributed by atoms with Gasteiger partial charge in [0.05, 0.1) is 11.7 Å². The van der Waals surface area contributed by atoms with Crippen molar-refractivity contribution in [3.63, 3.8) is 0 Å². The monoisotopic (exact) mass is 423 g/mol. The number of rotatable bonds is 6. The molecular formula is C27H37NO3. The van der Waals surface area contributed by atoms with Crippen LogP contribution in [0.4, 0.5) is 5.69 Å². The number of anilines is 1. The van der Waals surface area contributed by atoms with E-state index in [0.717, 1.165) is 16.8 Å². The van der Waals surface area contributed by atoms with Crippen LogP contribution in [0.2, 0.25) is 0 Å². The van der Waals surface area contributed by atoms with Gasteiger partial charge in [0.15, 0.2) is 5.78 Å². The van der Waals surface area contributed by atoms with Crippen LogP contribution < -0.4 is 10.1 Å². The Morgan fingerprint density at radius 2 is 1.55 bits per heavy atom. The van der Waals surface area contributed by atoms with Crippen molar-refractivity contribution in [3.05, 3.63) is 58.7 Å². The summed E-state index contributed by atoms with van der Waals surface area (Å²) in [5, 5.41) is 14.3. The zero-order valence-corrected chi connectivity index (χ0v) is 20.4. The van der Waals surface area contributed by atoms with Crippen LogP contribution >= 0.6 is 0 Å². The summed E-state index contributed by atoms with van der Waals surface area (Å²) in [7, 11) is 1.84. The van der Waals surface area contributed by atoms with Crippen LogP contribution in [0.15, 0.2) is 36.4 Å². The Morgan fingerprint density at radius 3 is 2.00 bits per heavy atom. The average molecular weight is 424 g/mol. The largest absolute Gasteiger partial charge is 0.507 e. The van der Waals surface area contributed by atoms with E-state index >= 15 is 0 Å². The maximum Gasteiger partial charge on any atom is 0.185 e. The van der Waals surface area contributed by atoms with E-state index in [4.69, 9.17) is 4.74 Å². The van der Waals surface area contributed by atoms with Crippen LogP contribution in [0, 0.1) is 0 Å². The van der Waals surface area contributed by atoms with E-state index in [-0.39, 0.29) is 28.5 Å². The molecule has 0 fully saturated rings. The van der Waals surface area contributed by atoms with Crippen LogP contribution in [0.5, 0.6) is 11.5 Å². The highest BCUT2D eigenvalue weighted by Gasteiger charge is 2.29. The molecule has 0 aliphatic rings. The van der Waals surface area contributed by atoms with Gasteiger partial charge in [0.25, 0.3) is 0 Å². The molecule has 0 saturated carbocycles. The van der Waals surface area contributed by atoms with E-state index in [1.54, 1.807) is 18.2 Å². The van der Waals surface area contributed by atoms with Gasteiger partial charge in [-0.25, -0.2) is 0 Å². The zero-order chi connectivity index (χ0) is 23.6. The Bertz CT molecular complexity index is 956. The second kappa shape index (κ2) is 9.17. The molecule has 2 aromatic rings. The number of phenolic OH excluding ortho intramolecular Hbond substituents is 1. The minimum absolute atomic E-state index is 0.0714. The molecule has 2 N–H and O–H groups in total. The quantitative estimate of drug-likeness (QED) is 0.400. The van der Waals surface area contributed by atoms with Gasteiger partial charge in [0.1, 0.15) is 11.5 Å². The molecule has 0 aromatic heterocycles. The third-order valence-corrected chi connectivity index (χ3v) is 5.12. The van der Waals surface area contributed by atoms with E-state index in [1.165, 1.54) is 6.08 Å². The molecule has 31 heavy (non-hydrogen) atoms. The fraction of sp³-hybridized carbons (Fsp3) is 0.444. The number of hydrogen-bond acceptors (Lipinski definition) is 4. The lowest BCUT2D eigenvalue weighted by Gasteiger charge is -2.30. The van der Waals surface area contributed by atoms with Crippen molar-refractivity contribution in [2.24, 2.45) is 0 Å². The van der Waals surface area contributed by atoms with Crippen LogP contribution in [0.1, 0.15) is 82.4 Å². The standard InChI is InChI=1S/C27H37NO3/c1-17(2)31-25-20(14-15-23(29)18-10-12-19(28-9)13-11-18)24(30)21(26(3,4)5)16-22(25)27(6,7)8/h10-17,28,30H,1-9H3. The molecule has 4 heteroatoms. The molecule has 0 aliphatic heterocycles. The number of aromatic hydroxyl groups is 1. The van der Waals surface area contributed by atoms with Crippen molar-refractivity contribution in [1.82, 2.24) is 0 Å². The summed E-state index contributed by atoms with van der Waals surface area (Å²) in [5.74, 6) is 0.657. The van der Waals surface area contributed by atoms with Gasteiger partial charge in [0, 0.05) is 29.4 Å². The molecule has 168 valence electrons. The van der Waals surface area contributed by atoms with Gasteiger partial charge in [-0.15, -0.1) is 0 Å². The van der Waals surface area contributed by atoms with Crippen molar-refractivity contribution in [2.45, 2.75) is 72.3 Å². The molecule has 0 spiro atoms. The SMILES string of the molecule is CNc1ccc(C(=O)C=Cc2c(O)c(C(C)(C)C)cc(C(C)(C)C)c2OC(C)C)cc1. The molecule has 2 rings (SSSR count). The minimum Gasteiger partial charge on any atom is -0.507 e. The van der Waals surface area contributed by atoms with Gasteiger partial charge < -0.3 is 15.2 Å². The number of nitrogens with one attached hydrogen (secondary N) is 1. The van der Waals surface area contributed by atoms with Crippen molar-refractivity contribution in [1.29, 1.82) is 0 Å². The summed E-state index contributed by atoms with van der Waals surface area (Å²) in [6.07, 6.45) is 3.12. The fourth-order valence-electron chi connectivity index (χ4n) is 3.38. The molecule has 0 unspecified atom stereocenters. The Morgan fingerprint density at radius 1 is 1.00 bits per heavy atom. The van der Waals surface area contributed by atoms with Gasteiger partial charge in [-0.05, 0) is 67.2 Å². The van der Waals surface area contributed by atoms with Crippen LogP contribution in [0.25, 0.3) is 6.08 Å². The number of phenols is 1. The number of benzene rings is 2. The first-order valence-corrected chi connectivity index (χ1v) is 10.8. The van der Waals surface area contributed by atoms with Crippen molar-refractivity contribution < 1.29 is 14.6 Å². The van der Waals surface area contributed by atoms with Crippen LogP contribution in [-0.4, -0.2) is 24.0 Å². The number of ketones is 1. The molecule has 0 bridgehead atoms. The summed E-state index contributed by atoms with van der Waals surface area (Å²) >= 11 is 0. The summed E-state index contributed by atoms with van der Waals surface area (Å²) in [6.45, 7) is 16.5. The summed E-state index contributed by atoms with van der Waals surface area (Å²) < 4.78 is 6.19. The maximum absolute atomic E-state index is 12.8. The molecule has 0 aliphatic carbocycles. The molecule has 0 radical (unpaired) electrons. The number of hydrogen-bond donors (Lipinski definition) is 2. The molecule has 4 nitrogen and oxygen atoms in total. The Labute approximate surface area is 187 Å². The molecule has 2 aromatic carbocycles. The van der Waals surface area contributed by atoms with E-state index in [1.807, 2.05) is 39.1 Å². The van der Waals surface area contributed by atoms with Gasteiger partial charge in [-0.2, -0.15) is 0 Å². The first-order chi connectivity index (χ1) is 14.3. The first-order valence-electron chi connectivity index (χ1n) is 10.8. The van der Waals surface area contributed by atoms with Gasteiger partial charge in [-0.3, -0.25) is 4.79 Å². The van der Waals surface area contributed by atoms with Crippen LogP contribution in [0.3, 0.4) is 0 Å². The van der Waals surface area contributed by atoms with Crippen molar-refractivity contribution in [3.8, 4) is 11.5 Å². The topological polar surface area (TPSA) is 58.6 Å². The summed E-state index contributed by atoms with van der Waals surface area (Å²) in [4.78, 5) is 12.8. The Balaban J connectivity index is 2.66. The van der Waals surface area contributed by atoms with Gasteiger partial charge in [-0.1, -0.05) is 41.5 Å². The summed E-state index contributed by atoms with van der Waals surface area (Å²) in [5.41, 5.74) is 3.45. The lowest BCUT2D eigenvalue weighted by atomic mass is 9.78. The number of allylic oxidation sites excluding steroid dienone is 1. The van der Waals surface area contributed by atoms with Crippen LogP contribution in [-0.2, 0) is 10.8 Å². The Kier molecular flexibility index (Phi) is 7.25. The third-order valence-electron chi connectivity index (χ3n) is 5.12. The van der Waals surface area contributed by atoms with Gasteiger partial charge >= 0.3 is 0 Å². The fourth-order valence-corrected chi connectivity index (χ4v) is 3.38. The van der Waals surface area contributed by atoms with Crippen molar-refractivity contribution >= 4 is 17.5 Å². The minimum atomic E-state index is -0.268. The second-order valence-corrected chi connectivity index (χ2v) is 10.3. The van der Waals surface area contributed by atoms with E-state index < -0.39 is 0 Å². The first kappa shape index (κ1) is 24.5. The smallest absolute Gasteiger partial charge is 0.185 e. The second-order valence-electron chi connectivity index (χ2n) is 10.3. The molecule has 0 saturated heterocycles. The Hall–Kier alpha value is -2.75. The summed E-state index contributed by atoms with van der Waals surface area (Å²) in [6, 6.07) is 9.35. The highest BCUT2D eigenvalue weighted by molar-refractivity contribution is 6.07. The van der Waals surface area contributed by atoms with E-state index in [2.05, 4.69) is 46.9 Å². The lowest BCUT2D eigenvalue weighted by Crippen LogP contribution is -2.20. The average Bonchev–Trinajstić information content (AvgIpc) is 2.65. The van der Waals surface area contributed by atoms with Gasteiger partial charge in [0.2, 0.25) is 0 Å². The lowest BCUT2D eigenvalue weighted by molar-refractivity contribution is 0.104. The predicted molar refractivity (Wildman–Crippen MR) is 131 cm³/mol. The molecule has 0 heterocycles. The van der Waals surface area contributed by atoms with E-state index in [9.17, 15) is 9.90 Å². The molecule has 0 atom stereocenters. The normalized spacial score (nSPS) is 12.5. The zero-order valence-electron chi connectivity index (χ0n) is 20.4. The third kappa shape index (κ3) is 5.90. The number of carbonyl (C=O) groups is 1. The number of carbonyl (C=O) groups excluding carboxylic acids is 1. The highest BCUT2D eigenvalue weighted by Crippen LogP contribution is 2.45.